The van der Waals surface area contributed by atoms with Gasteiger partial charge in [-0.15, -0.1) is 0 Å². The minimum Gasteiger partial charge on any atom is -0.457 e. The highest BCUT2D eigenvalue weighted by atomic mass is 16.5. The summed E-state index contributed by atoms with van der Waals surface area (Å²) in [5.41, 5.74) is 9.86. The number of carbonyl (C=O) groups is 5. The van der Waals surface area contributed by atoms with Gasteiger partial charge in [0.2, 0.25) is 17.7 Å². The Morgan fingerprint density at radius 3 is 2.30 bits per heavy atom. The number of carbonyl (C=O) groups excluding carboxylic acids is 5. The summed E-state index contributed by atoms with van der Waals surface area (Å²) >= 11 is 0. The van der Waals surface area contributed by atoms with Crippen molar-refractivity contribution in [2.24, 2.45) is 0 Å². The lowest BCUT2D eigenvalue weighted by Gasteiger charge is -2.35. The van der Waals surface area contributed by atoms with Gasteiger partial charge in [-0.1, -0.05) is 37.1 Å². The zero-order valence-corrected chi connectivity index (χ0v) is 37.2. The number of para-hydroxylation sites is 1. The first-order chi connectivity index (χ1) is 32.2. The maximum absolute atomic E-state index is 13.6. The Hall–Kier alpha value is -6.72. The molecule has 2 atom stereocenters. The fraction of sp³-hybridized carbons (Fsp3) is 0.429. The Bertz CT molecular complexity index is 2580. The Kier molecular flexibility index (Phi) is 13.6. The van der Waals surface area contributed by atoms with Crippen molar-refractivity contribution >= 4 is 52.1 Å². The van der Waals surface area contributed by atoms with Crippen LogP contribution in [0.1, 0.15) is 91.0 Å². The third kappa shape index (κ3) is 9.77. The summed E-state index contributed by atoms with van der Waals surface area (Å²) in [6.45, 7) is 7.95. The van der Waals surface area contributed by atoms with Gasteiger partial charge in [-0.3, -0.25) is 34.2 Å². The monoisotopic (exact) mass is 895 g/mol. The molecule has 9 rings (SSSR count). The number of imide groups is 2. The first-order valence-electron chi connectivity index (χ1n) is 23.3. The van der Waals surface area contributed by atoms with Crippen molar-refractivity contribution in [1.82, 2.24) is 44.7 Å². The van der Waals surface area contributed by atoms with Gasteiger partial charge in [0.25, 0.3) is 11.8 Å². The van der Waals surface area contributed by atoms with Crippen LogP contribution in [0.25, 0.3) is 22.3 Å². The molecule has 4 aliphatic rings. The van der Waals surface area contributed by atoms with Gasteiger partial charge < -0.3 is 30.5 Å². The number of hydrogen-bond acceptors (Lipinski definition) is 13. The molecule has 0 radical (unpaired) electrons. The van der Waals surface area contributed by atoms with Crippen LogP contribution in [0.2, 0.25) is 0 Å². The number of piperidine rings is 2. The molecule has 2 aromatic heterocycles. The lowest BCUT2D eigenvalue weighted by Crippen LogP contribution is -2.54. The molecule has 0 aliphatic carbocycles. The molecule has 17 heteroatoms. The molecule has 4 N–H and O–H groups in total. The van der Waals surface area contributed by atoms with Gasteiger partial charge >= 0.3 is 0 Å². The largest absolute Gasteiger partial charge is 0.457 e. The van der Waals surface area contributed by atoms with Gasteiger partial charge in [-0.05, 0) is 100 Å². The number of anilines is 2. The van der Waals surface area contributed by atoms with Crippen molar-refractivity contribution in [1.29, 1.82) is 0 Å². The van der Waals surface area contributed by atoms with Crippen molar-refractivity contribution in [3.05, 3.63) is 90.3 Å². The number of piperazine rings is 1. The highest BCUT2D eigenvalue weighted by Gasteiger charge is 2.45. The number of hydrogen-bond donors (Lipinski definition) is 3. The molecule has 4 aliphatic heterocycles. The number of nitrogen functional groups attached to an aromatic ring is 1. The second kappa shape index (κ2) is 20.2. The molecule has 1 unspecified atom stereocenters. The SMILES string of the molecule is Nc1ncnc2c1c(-c1ccc(Oc3ccccc3)cc1)nn2[C@@H]1CCCN(C(=O)CCCN2CCN(CCCCCCNc3cccc4c3C(=O)N(C3CCC(=O)NC3=O)C4=O)CC2)C1. The molecule has 5 aromatic rings. The summed E-state index contributed by atoms with van der Waals surface area (Å²) < 4.78 is 7.95. The lowest BCUT2D eigenvalue weighted by atomic mass is 10.0. The topological polar surface area (TPSA) is 201 Å². The summed E-state index contributed by atoms with van der Waals surface area (Å²) in [5.74, 6) is 0.0224. The molecule has 0 bridgehead atoms. The quantitative estimate of drug-likeness (QED) is 0.0781. The van der Waals surface area contributed by atoms with Gasteiger partial charge in [0.15, 0.2) is 5.65 Å². The number of rotatable bonds is 17. The first kappa shape index (κ1) is 44.5. The van der Waals surface area contributed by atoms with E-state index in [1.807, 2.05) is 64.2 Å². The Morgan fingerprint density at radius 2 is 1.53 bits per heavy atom. The molecular weight excluding hydrogens is 839 g/mol. The number of likely N-dealkylation sites (tertiary alicyclic amines) is 1. The van der Waals surface area contributed by atoms with Gasteiger partial charge in [-0.25, -0.2) is 14.6 Å². The number of unbranched alkanes of at least 4 members (excludes halogenated alkanes) is 3. The summed E-state index contributed by atoms with van der Waals surface area (Å²) in [5, 5.41) is 11.4. The van der Waals surface area contributed by atoms with E-state index in [0.29, 0.717) is 59.1 Å². The van der Waals surface area contributed by atoms with E-state index < -0.39 is 29.7 Å². The minimum absolute atomic E-state index is 0.0320. The van der Waals surface area contributed by atoms with Gasteiger partial charge in [0.05, 0.1) is 22.6 Å². The molecule has 3 aromatic carbocycles. The van der Waals surface area contributed by atoms with Crippen LogP contribution in [0.5, 0.6) is 11.5 Å². The van der Waals surface area contributed by atoms with Crippen LogP contribution < -0.4 is 21.1 Å². The smallest absolute Gasteiger partial charge is 0.264 e. The molecule has 6 heterocycles. The zero-order chi connectivity index (χ0) is 45.6. The summed E-state index contributed by atoms with van der Waals surface area (Å²) in [7, 11) is 0. The second-order valence-corrected chi connectivity index (χ2v) is 17.6. The van der Waals surface area contributed by atoms with Crippen LogP contribution >= 0.6 is 0 Å². The Morgan fingerprint density at radius 1 is 0.788 bits per heavy atom. The average molecular weight is 896 g/mol. The summed E-state index contributed by atoms with van der Waals surface area (Å²) in [6, 6.07) is 21.5. The Balaban J connectivity index is 0.675. The van der Waals surface area contributed by atoms with E-state index in [1.165, 1.54) is 6.33 Å². The summed E-state index contributed by atoms with van der Waals surface area (Å²) in [4.78, 5) is 81.0. The zero-order valence-electron chi connectivity index (χ0n) is 37.2. The molecule has 0 saturated carbocycles. The number of fused-ring (bicyclic) bond motifs is 2. The molecule has 3 fully saturated rings. The van der Waals surface area contributed by atoms with Crippen LogP contribution in [0.3, 0.4) is 0 Å². The standard InChI is InChI=1S/C49H57N11O6/c50-45-43-44(33-17-19-36(20-18-33)66-35-12-4-3-5-13-35)55-60(46(43)53-32-52-45)34-11-9-26-58(31-34)41(62)16-10-25-57-29-27-56(28-30-57)24-7-2-1-6-23-51-38-15-8-14-37-42(38)49(65)59(48(37)64)39-21-22-40(61)54-47(39)63/h3-5,8,12-15,17-20,32,34,39,51H,1-2,6-7,9-11,16,21-31H2,(H2,50,52,53)(H,54,61,63)/t34-,39?/m1/s1. The molecular formula is C49H57N11O6. The predicted molar refractivity (Wildman–Crippen MR) is 249 cm³/mol. The molecule has 344 valence electrons. The van der Waals surface area contributed by atoms with Crippen molar-refractivity contribution in [3.8, 4) is 22.8 Å². The highest BCUT2D eigenvalue weighted by Crippen LogP contribution is 2.36. The van der Waals surface area contributed by atoms with Crippen molar-refractivity contribution in [3.63, 3.8) is 0 Å². The first-order valence-corrected chi connectivity index (χ1v) is 23.3. The van der Waals surface area contributed by atoms with E-state index in [4.69, 9.17) is 15.6 Å². The van der Waals surface area contributed by atoms with E-state index in [9.17, 15) is 24.0 Å². The van der Waals surface area contributed by atoms with E-state index in [-0.39, 0.29) is 30.4 Å². The van der Waals surface area contributed by atoms with Crippen molar-refractivity contribution in [2.75, 3.05) is 70.0 Å². The fourth-order valence-corrected chi connectivity index (χ4v) is 9.69. The van der Waals surface area contributed by atoms with E-state index in [0.717, 1.165) is 107 Å². The molecule has 5 amide bonds. The van der Waals surface area contributed by atoms with Crippen LogP contribution in [-0.4, -0.2) is 134 Å². The molecule has 0 spiro atoms. The van der Waals surface area contributed by atoms with Crippen LogP contribution in [0.15, 0.2) is 79.1 Å². The molecule has 3 saturated heterocycles. The van der Waals surface area contributed by atoms with Crippen LogP contribution in [0, 0.1) is 0 Å². The number of nitrogens with two attached hydrogens (primary N) is 1. The number of nitrogens with zero attached hydrogens (tertiary/aromatic N) is 8. The predicted octanol–water partition coefficient (Wildman–Crippen LogP) is 5.50. The molecule has 17 nitrogen and oxygen atoms in total. The van der Waals surface area contributed by atoms with E-state index >= 15 is 0 Å². The maximum atomic E-state index is 13.6. The minimum atomic E-state index is -0.981. The number of benzene rings is 3. The number of ether oxygens (including phenoxy) is 1. The fourth-order valence-electron chi connectivity index (χ4n) is 9.69. The number of amides is 5. The third-order valence-corrected chi connectivity index (χ3v) is 13.2. The normalized spacial score (nSPS) is 19.3. The number of aromatic nitrogens is 4. The van der Waals surface area contributed by atoms with Crippen LogP contribution in [0.4, 0.5) is 11.5 Å². The summed E-state index contributed by atoms with van der Waals surface area (Å²) in [6.07, 6.45) is 8.94. The maximum Gasteiger partial charge on any atom is 0.264 e. The van der Waals surface area contributed by atoms with Gasteiger partial charge in [-0.2, -0.15) is 5.10 Å². The average Bonchev–Trinajstić information content (AvgIpc) is 3.85. The lowest BCUT2D eigenvalue weighted by molar-refractivity contribution is -0.136. The molecule has 66 heavy (non-hydrogen) atoms. The second-order valence-electron chi connectivity index (χ2n) is 17.6. The van der Waals surface area contributed by atoms with Crippen LogP contribution in [-0.2, 0) is 14.4 Å². The van der Waals surface area contributed by atoms with Gasteiger partial charge in [0, 0.05) is 69.9 Å². The third-order valence-electron chi connectivity index (χ3n) is 13.2. The van der Waals surface area contributed by atoms with E-state index in [1.54, 1.807) is 18.2 Å². The van der Waals surface area contributed by atoms with Crippen molar-refractivity contribution in [2.45, 2.75) is 76.3 Å². The van der Waals surface area contributed by atoms with Crippen molar-refractivity contribution < 1.29 is 28.7 Å². The van der Waals surface area contributed by atoms with E-state index in [2.05, 4.69) is 30.4 Å². The number of nitrogens with one attached hydrogen (secondary N) is 2. The Labute approximate surface area is 383 Å². The highest BCUT2D eigenvalue weighted by molar-refractivity contribution is 6.25. The van der Waals surface area contributed by atoms with Gasteiger partial charge in [0.1, 0.15) is 35.4 Å².